The van der Waals surface area contributed by atoms with Crippen molar-refractivity contribution in [3.05, 3.63) is 23.8 Å². The van der Waals surface area contributed by atoms with E-state index in [1.165, 1.54) is 5.57 Å². The second-order valence-corrected chi connectivity index (χ2v) is 2.75. The molecular formula is C10H18. The van der Waals surface area contributed by atoms with E-state index < -0.39 is 0 Å². The van der Waals surface area contributed by atoms with Gasteiger partial charge < -0.3 is 0 Å². The summed E-state index contributed by atoms with van der Waals surface area (Å²) in [7, 11) is 0. The third-order valence-corrected chi connectivity index (χ3v) is 1.55. The Morgan fingerprint density at radius 2 is 2.00 bits per heavy atom. The summed E-state index contributed by atoms with van der Waals surface area (Å²) in [6.07, 6.45) is 7.72. The van der Waals surface area contributed by atoms with Gasteiger partial charge in [0.25, 0.3) is 0 Å². The molecule has 0 aromatic heterocycles. The van der Waals surface area contributed by atoms with Gasteiger partial charge in [-0.05, 0) is 19.3 Å². The molecule has 0 amide bonds. The lowest BCUT2D eigenvalue weighted by Crippen LogP contribution is -1.88. The van der Waals surface area contributed by atoms with Crippen molar-refractivity contribution < 1.29 is 0 Å². The maximum absolute atomic E-state index is 2.22. The third-order valence-electron chi connectivity index (χ3n) is 1.55. The molecule has 0 aromatic carbocycles. The van der Waals surface area contributed by atoms with Gasteiger partial charge in [-0.3, -0.25) is 0 Å². The van der Waals surface area contributed by atoms with Crippen molar-refractivity contribution in [2.75, 3.05) is 0 Å². The monoisotopic (exact) mass is 138 g/mol. The number of rotatable bonds is 3. The molecule has 0 aliphatic rings. The average Bonchev–Trinajstić information content (AvgIpc) is 1.89. The van der Waals surface area contributed by atoms with Crippen LogP contribution in [0.15, 0.2) is 23.8 Å². The minimum Gasteiger partial charge on any atom is -0.0845 e. The minimum atomic E-state index is 0.660. The Labute approximate surface area is 64.6 Å². The lowest BCUT2D eigenvalue weighted by Gasteiger charge is -2.03. The Morgan fingerprint density at radius 3 is 2.30 bits per heavy atom. The second-order valence-electron chi connectivity index (χ2n) is 2.75. The molecule has 0 fully saturated rings. The van der Waals surface area contributed by atoms with Gasteiger partial charge in [0, 0.05) is 0 Å². The zero-order valence-electron chi connectivity index (χ0n) is 7.52. The predicted octanol–water partition coefficient (Wildman–Crippen LogP) is 3.55. The molecule has 0 saturated carbocycles. The summed E-state index contributed by atoms with van der Waals surface area (Å²) >= 11 is 0. The molecule has 0 unspecified atom stereocenters. The van der Waals surface area contributed by atoms with Crippen molar-refractivity contribution in [2.45, 2.75) is 34.1 Å². The standard InChI is InChI=1S/C10H18/c1-5-7-8-10(6-2)9(3)4/h6-9H,5H2,1-4H3/b8-7-,10-6+. The van der Waals surface area contributed by atoms with E-state index in [-0.39, 0.29) is 0 Å². The van der Waals surface area contributed by atoms with E-state index >= 15 is 0 Å². The van der Waals surface area contributed by atoms with Gasteiger partial charge in [0.2, 0.25) is 0 Å². The topological polar surface area (TPSA) is 0 Å². The highest BCUT2D eigenvalue weighted by Crippen LogP contribution is 2.10. The first-order valence-electron chi connectivity index (χ1n) is 4.05. The summed E-state index contributed by atoms with van der Waals surface area (Å²) in [6.45, 7) is 8.68. The average molecular weight is 138 g/mol. The number of hydrogen-bond donors (Lipinski definition) is 0. The highest BCUT2D eigenvalue weighted by atomic mass is 14.0. The summed E-state index contributed by atoms with van der Waals surface area (Å²) < 4.78 is 0. The van der Waals surface area contributed by atoms with Crippen molar-refractivity contribution in [1.82, 2.24) is 0 Å². The van der Waals surface area contributed by atoms with Crippen LogP contribution in [0, 0.1) is 5.92 Å². The molecule has 0 bridgehead atoms. The summed E-state index contributed by atoms with van der Waals surface area (Å²) in [5, 5.41) is 0. The minimum absolute atomic E-state index is 0.660. The lowest BCUT2D eigenvalue weighted by molar-refractivity contribution is 0.788. The molecule has 58 valence electrons. The summed E-state index contributed by atoms with van der Waals surface area (Å²) in [5.74, 6) is 0.660. The van der Waals surface area contributed by atoms with Crippen molar-refractivity contribution >= 4 is 0 Å². The highest BCUT2D eigenvalue weighted by Gasteiger charge is 1.94. The van der Waals surface area contributed by atoms with Crippen LogP contribution < -0.4 is 0 Å². The van der Waals surface area contributed by atoms with Gasteiger partial charge in [-0.1, -0.05) is 44.6 Å². The van der Waals surface area contributed by atoms with Crippen LogP contribution in [-0.2, 0) is 0 Å². The van der Waals surface area contributed by atoms with Crippen LogP contribution in [0.2, 0.25) is 0 Å². The molecule has 0 nitrogen and oxygen atoms in total. The molecule has 0 aliphatic heterocycles. The van der Waals surface area contributed by atoms with Crippen LogP contribution in [-0.4, -0.2) is 0 Å². The number of allylic oxidation sites excluding steroid dienone is 4. The van der Waals surface area contributed by atoms with Crippen LogP contribution in [0.25, 0.3) is 0 Å². The van der Waals surface area contributed by atoms with Gasteiger partial charge >= 0.3 is 0 Å². The fourth-order valence-corrected chi connectivity index (χ4v) is 0.876. The van der Waals surface area contributed by atoms with Gasteiger partial charge in [-0.25, -0.2) is 0 Å². The van der Waals surface area contributed by atoms with Gasteiger partial charge in [0.1, 0.15) is 0 Å². The second kappa shape index (κ2) is 5.28. The van der Waals surface area contributed by atoms with Gasteiger partial charge in [0.05, 0.1) is 0 Å². The normalized spacial score (nSPS) is 13.5. The van der Waals surface area contributed by atoms with Crippen LogP contribution in [0.3, 0.4) is 0 Å². The fraction of sp³-hybridized carbons (Fsp3) is 0.600. The first-order valence-corrected chi connectivity index (χ1v) is 4.05. The molecule has 0 spiro atoms. The molecule has 0 aliphatic carbocycles. The molecule has 0 radical (unpaired) electrons. The zero-order valence-corrected chi connectivity index (χ0v) is 7.52. The van der Waals surface area contributed by atoms with Crippen LogP contribution in [0.1, 0.15) is 34.1 Å². The Morgan fingerprint density at radius 1 is 1.40 bits per heavy atom. The molecular weight excluding hydrogens is 120 g/mol. The first kappa shape index (κ1) is 9.48. The van der Waals surface area contributed by atoms with Gasteiger partial charge in [0.15, 0.2) is 0 Å². The van der Waals surface area contributed by atoms with Crippen molar-refractivity contribution in [1.29, 1.82) is 0 Å². The van der Waals surface area contributed by atoms with Gasteiger partial charge in [-0.15, -0.1) is 0 Å². The van der Waals surface area contributed by atoms with Crippen molar-refractivity contribution in [3.8, 4) is 0 Å². The van der Waals surface area contributed by atoms with Crippen LogP contribution >= 0.6 is 0 Å². The molecule has 0 aromatic rings. The molecule has 0 atom stereocenters. The highest BCUT2D eigenvalue weighted by molar-refractivity contribution is 5.19. The van der Waals surface area contributed by atoms with E-state index in [9.17, 15) is 0 Å². The zero-order chi connectivity index (χ0) is 7.98. The first-order chi connectivity index (χ1) is 4.72. The molecule has 10 heavy (non-hydrogen) atoms. The predicted molar refractivity (Wildman–Crippen MR) is 48.0 cm³/mol. The Kier molecular flexibility index (Phi) is 5.00. The summed E-state index contributed by atoms with van der Waals surface area (Å²) in [5.41, 5.74) is 1.43. The van der Waals surface area contributed by atoms with Crippen LogP contribution in [0.5, 0.6) is 0 Å². The SMILES string of the molecule is C/C=C(\C=C/CC)C(C)C. The van der Waals surface area contributed by atoms with E-state index in [0.29, 0.717) is 5.92 Å². The molecule has 0 N–H and O–H groups in total. The Bertz CT molecular complexity index is 127. The fourth-order valence-electron chi connectivity index (χ4n) is 0.876. The van der Waals surface area contributed by atoms with E-state index in [1.807, 2.05) is 0 Å². The molecule has 0 heteroatoms. The summed E-state index contributed by atoms with van der Waals surface area (Å²) in [6, 6.07) is 0. The largest absolute Gasteiger partial charge is 0.0845 e. The van der Waals surface area contributed by atoms with Crippen molar-refractivity contribution in [3.63, 3.8) is 0 Å². The van der Waals surface area contributed by atoms with E-state index in [1.54, 1.807) is 0 Å². The maximum Gasteiger partial charge on any atom is -0.0222 e. The van der Waals surface area contributed by atoms with Crippen LogP contribution in [0.4, 0.5) is 0 Å². The quantitative estimate of drug-likeness (QED) is 0.523. The maximum atomic E-state index is 2.22. The van der Waals surface area contributed by atoms with E-state index in [2.05, 4.69) is 45.9 Å². The van der Waals surface area contributed by atoms with E-state index in [0.717, 1.165) is 6.42 Å². The molecule has 0 heterocycles. The molecule has 0 rings (SSSR count). The lowest BCUT2D eigenvalue weighted by atomic mass is 10.0. The van der Waals surface area contributed by atoms with E-state index in [4.69, 9.17) is 0 Å². The van der Waals surface area contributed by atoms with Crippen molar-refractivity contribution in [2.24, 2.45) is 5.92 Å². The smallest absolute Gasteiger partial charge is 0.0222 e. The Hall–Kier alpha value is -0.520. The Balaban J connectivity index is 3.98. The number of hydrogen-bond acceptors (Lipinski definition) is 0. The van der Waals surface area contributed by atoms with Gasteiger partial charge in [-0.2, -0.15) is 0 Å². The summed E-state index contributed by atoms with van der Waals surface area (Å²) in [4.78, 5) is 0. The molecule has 0 saturated heterocycles. The third kappa shape index (κ3) is 3.49.